The molecule has 0 aliphatic rings. The fourth-order valence-electron chi connectivity index (χ4n) is 3.90. The molecule has 1 rings (SSSR count). The molecule has 3 atom stereocenters. The predicted molar refractivity (Wildman–Crippen MR) is 123 cm³/mol. The van der Waals surface area contributed by atoms with Crippen molar-refractivity contribution in [2.45, 2.75) is 97.9 Å². The van der Waals surface area contributed by atoms with Crippen molar-refractivity contribution in [2.75, 3.05) is 0 Å². The highest BCUT2D eigenvalue weighted by molar-refractivity contribution is 5.87. The minimum Gasteiger partial charge on any atom is -0.350 e. The smallest absolute Gasteiger partial charge is 0.243 e. The van der Waals surface area contributed by atoms with Crippen molar-refractivity contribution >= 4 is 5.91 Å². The van der Waals surface area contributed by atoms with Gasteiger partial charge in [0.05, 0.1) is 0 Å². The topological polar surface area (TPSA) is 29.1 Å². The number of unbranched alkanes of at least 4 members (excludes halogenated alkanes) is 3. The Bertz CT molecular complexity index is 548. The van der Waals surface area contributed by atoms with Gasteiger partial charge in [-0.3, -0.25) is 4.79 Å². The molecule has 0 radical (unpaired) electrons. The molecule has 2 nitrogen and oxygen atoms in total. The molecule has 1 amide bonds. The normalized spacial score (nSPS) is 14.3. The SMILES string of the molecule is C=CC(=O)NC(C)Cc1ccc(CC(C)CCCC(C)CCCCCC)cc1. The molecule has 2 heteroatoms. The summed E-state index contributed by atoms with van der Waals surface area (Å²) in [6, 6.07) is 9.04. The first-order chi connectivity index (χ1) is 13.4. The van der Waals surface area contributed by atoms with E-state index >= 15 is 0 Å². The third kappa shape index (κ3) is 11.3. The summed E-state index contributed by atoms with van der Waals surface area (Å²) in [4.78, 5) is 11.4. The Balaban J connectivity index is 2.26. The zero-order valence-corrected chi connectivity index (χ0v) is 18.8. The van der Waals surface area contributed by atoms with Crippen molar-refractivity contribution < 1.29 is 4.79 Å². The van der Waals surface area contributed by atoms with Crippen molar-refractivity contribution in [1.82, 2.24) is 5.32 Å². The molecule has 3 unspecified atom stereocenters. The number of nitrogens with one attached hydrogen (secondary N) is 1. The second kappa shape index (κ2) is 14.4. The largest absolute Gasteiger partial charge is 0.350 e. The number of amides is 1. The van der Waals surface area contributed by atoms with Crippen LogP contribution in [-0.2, 0) is 17.6 Å². The number of rotatable bonds is 15. The lowest BCUT2D eigenvalue weighted by molar-refractivity contribution is -0.117. The van der Waals surface area contributed by atoms with Gasteiger partial charge in [-0.15, -0.1) is 0 Å². The van der Waals surface area contributed by atoms with E-state index in [2.05, 4.69) is 56.9 Å². The molecule has 0 aliphatic carbocycles. The molecule has 0 bridgehead atoms. The Kier molecular flexibility index (Phi) is 12.6. The van der Waals surface area contributed by atoms with Crippen LogP contribution in [0.1, 0.15) is 90.2 Å². The highest BCUT2D eigenvalue weighted by Gasteiger charge is 2.08. The molecule has 0 aliphatic heterocycles. The third-order valence-electron chi connectivity index (χ3n) is 5.67. The van der Waals surface area contributed by atoms with E-state index in [1.165, 1.54) is 68.6 Å². The van der Waals surface area contributed by atoms with Crippen molar-refractivity contribution in [2.24, 2.45) is 11.8 Å². The van der Waals surface area contributed by atoms with Crippen LogP contribution in [-0.4, -0.2) is 11.9 Å². The van der Waals surface area contributed by atoms with Gasteiger partial charge in [-0.1, -0.05) is 103 Å². The lowest BCUT2D eigenvalue weighted by atomic mass is 9.91. The number of hydrogen-bond donors (Lipinski definition) is 1. The second-order valence-electron chi connectivity index (χ2n) is 8.83. The van der Waals surface area contributed by atoms with Gasteiger partial charge in [0.15, 0.2) is 0 Å². The van der Waals surface area contributed by atoms with E-state index in [4.69, 9.17) is 0 Å². The van der Waals surface area contributed by atoms with Crippen LogP contribution in [0.15, 0.2) is 36.9 Å². The fraction of sp³-hybridized carbons (Fsp3) is 0.654. The lowest BCUT2D eigenvalue weighted by Gasteiger charge is -2.15. The molecule has 1 N–H and O–H groups in total. The minimum absolute atomic E-state index is 0.103. The maximum atomic E-state index is 11.4. The van der Waals surface area contributed by atoms with E-state index < -0.39 is 0 Å². The van der Waals surface area contributed by atoms with Crippen LogP contribution in [0.4, 0.5) is 0 Å². The molecule has 1 aromatic carbocycles. The molecule has 158 valence electrons. The summed E-state index contributed by atoms with van der Waals surface area (Å²) in [6.07, 6.45) is 14.3. The molecule has 0 heterocycles. The number of carbonyl (C=O) groups excluding carboxylic acids is 1. The summed E-state index contributed by atoms with van der Waals surface area (Å²) in [5.74, 6) is 1.52. The van der Waals surface area contributed by atoms with E-state index in [-0.39, 0.29) is 11.9 Å². The summed E-state index contributed by atoms with van der Waals surface area (Å²) in [7, 11) is 0. The second-order valence-corrected chi connectivity index (χ2v) is 8.83. The van der Waals surface area contributed by atoms with E-state index in [9.17, 15) is 4.79 Å². The number of hydrogen-bond acceptors (Lipinski definition) is 1. The quantitative estimate of drug-likeness (QED) is 0.259. The van der Waals surface area contributed by atoms with E-state index in [0.29, 0.717) is 0 Å². The van der Waals surface area contributed by atoms with Gasteiger partial charge in [0.25, 0.3) is 0 Å². The Morgan fingerprint density at radius 1 is 0.893 bits per heavy atom. The Labute approximate surface area is 174 Å². The summed E-state index contributed by atoms with van der Waals surface area (Å²) in [6.45, 7) is 12.6. The molecule has 0 fully saturated rings. The summed E-state index contributed by atoms with van der Waals surface area (Å²) in [5.41, 5.74) is 2.69. The Hall–Kier alpha value is -1.57. The molecule has 0 saturated carbocycles. The zero-order valence-electron chi connectivity index (χ0n) is 18.8. The van der Waals surface area contributed by atoms with Gasteiger partial charge in [0.1, 0.15) is 0 Å². The maximum Gasteiger partial charge on any atom is 0.243 e. The highest BCUT2D eigenvalue weighted by Crippen LogP contribution is 2.20. The average Bonchev–Trinajstić information content (AvgIpc) is 2.66. The Morgan fingerprint density at radius 3 is 2.07 bits per heavy atom. The van der Waals surface area contributed by atoms with Crippen LogP contribution < -0.4 is 5.32 Å². The fourth-order valence-corrected chi connectivity index (χ4v) is 3.90. The number of benzene rings is 1. The van der Waals surface area contributed by atoms with Crippen molar-refractivity contribution in [3.8, 4) is 0 Å². The van der Waals surface area contributed by atoms with Gasteiger partial charge in [-0.2, -0.15) is 0 Å². The predicted octanol–water partition coefficient (Wildman–Crippen LogP) is 6.88. The first-order valence-corrected chi connectivity index (χ1v) is 11.4. The standard InChI is InChI=1S/C26H43NO/c1-6-8-9-10-12-21(3)13-11-14-22(4)19-24-15-17-25(18-16-24)20-23(5)27-26(28)7-2/h7,15-18,21-23H,2,6,8-14,19-20H2,1,3-5H3,(H,27,28). The van der Waals surface area contributed by atoms with Gasteiger partial charge in [0, 0.05) is 6.04 Å². The van der Waals surface area contributed by atoms with Gasteiger partial charge in [-0.25, -0.2) is 0 Å². The minimum atomic E-state index is -0.103. The first-order valence-electron chi connectivity index (χ1n) is 11.4. The van der Waals surface area contributed by atoms with Crippen LogP contribution in [0.25, 0.3) is 0 Å². The van der Waals surface area contributed by atoms with Gasteiger partial charge in [0.2, 0.25) is 5.91 Å². The van der Waals surface area contributed by atoms with Crippen LogP contribution in [0, 0.1) is 11.8 Å². The van der Waals surface area contributed by atoms with Crippen LogP contribution in [0.3, 0.4) is 0 Å². The van der Waals surface area contributed by atoms with E-state index in [1.54, 1.807) is 0 Å². The van der Waals surface area contributed by atoms with Crippen LogP contribution in [0.2, 0.25) is 0 Å². The maximum absolute atomic E-state index is 11.4. The number of carbonyl (C=O) groups is 1. The van der Waals surface area contributed by atoms with E-state index in [1.807, 2.05) is 6.92 Å². The van der Waals surface area contributed by atoms with Crippen molar-refractivity contribution in [3.63, 3.8) is 0 Å². The third-order valence-corrected chi connectivity index (χ3v) is 5.67. The van der Waals surface area contributed by atoms with Gasteiger partial charge in [-0.05, 0) is 48.8 Å². The van der Waals surface area contributed by atoms with Crippen LogP contribution >= 0.6 is 0 Å². The summed E-state index contributed by atoms with van der Waals surface area (Å²) >= 11 is 0. The molecular formula is C26H43NO. The molecule has 0 saturated heterocycles. The van der Waals surface area contributed by atoms with Crippen molar-refractivity contribution in [3.05, 3.63) is 48.0 Å². The molecule has 28 heavy (non-hydrogen) atoms. The summed E-state index contributed by atoms with van der Waals surface area (Å²) in [5, 5.41) is 2.92. The summed E-state index contributed by atoms with van der Waals surface area (Å²) < 4.78 is 0. The molecule has 0 spiro atoms. The average molecular weight is 386 g/mol. The van der Waals surface area contributed by atoms with Gasteiger partial charge < -0.3 is 5.32 Å². The first kappa shape index (κ1) is 24.5. The van der Waals surface area contributed by atoms with Gasteiger partial charge >= 0.3 is 0 Å². The Morgan fingerprint density at radius 2 is 1.46 bits per heavy atom. The van der Waals surface area contributed by atoms with Crippen molar-refractivity contribution in [1.29, 1.82) is 0 Å². The monoisotopic (exact) mass is 385 g/mol. The molecule has 1 aromatic rings. The molecular weight excluding hydrogens is 342 g/mol. The van der Waals surface area contributed by atoms with Crippen LogP contribution in [0.5, 0.6) is 0 Å². The lowest BCUT2D eigenvalue weighted by Crippen LogP contribution is -2.32. The zero-order chi connectivity index (χ0) is 20.8. The highest BCUT2D eigenvalue weighted by atomic mass is 16.1. The molecule has 0 aromatic heterocycles. The van der Waals surface area contributed by atoms with E-state index in [0.717, 1.165) is 24.7 Å².